The molecule has 3 heterocycles. The van der Waals surface area contributed by atoms with Gasteiger partial charge in [0.05, 0.1) is 5.56 Å². The molecule has 0 bridgehead atoms. The van der Waals surface area contributed by atoms with Crippen LogP contribution in [-0.4, -0.2) is 25.5 Å². The van der Waals surface area contributed by atoms with Crippen molar-refractivity contribution >= 4 is 23.0 Å². The highest BCUT2D eigenvalue weighted by molar-refractivity contribution is 5.82. The van der Waals surface area contributed by atoms with Crippen LogP contribution in [0.4, 0.5) is 5.82 Å². The second-order valence-electron chi connectivity index (χ2n) is 6.45. The van der Waals surface area contributed by atoms with Gasteiger partial charge in [0.25, 0.3) is 0 Å². The summed E-state index contributed by atoms with van der Waals surface area (Å²) >= 11 is 0. The van der Waals surface area contributed by atoms with Crippen molar-refractivity contribution in [1.29, 1.82) is 0 Å². The Morgan fingerprint density at radius 2 is 1.89 bits per heavy atom. The van der Waals surface area contributed by atoms with E-state index in [0.717, 1.165) is 33.7 Å². The van der Waals surface area contributed by atoms with Crippen LogP contribution in [0.25, 0.3) is 28.2 Å². The number of aryl methyl sites for hydroxylation is 1. The average Bonchev–Trinajstić information content (AvgIpc) is 3.05. The van der Waals surface area contributed by atoms with Crippen LogP contribution in [0, 0.1) is 6.92 Å². The molecule has 4 aromatic rings. The van der Waals surface area contributed by atoms with Gasteiger partial charge in [-0.2, -0.15) is 0 Å². The van der Waals surface area contributed by atoms with E-state index in [1.165, 1.54) is 6.92 Å². The first-order valence-electron chi connectivity index (χ1n) is 8.82. The summed E-state index contributed by atoms with van der Waals surface area (Å²) in [6, 6.07) is 15.3. The maximum atomic E-state index is 11.0. The molecule has 0 unspecified atom stereocenters. The molecule has 1 aromatic carbocycles. The summed E-state index contributed by atoms with van der Waals surface area (Å²) < 4.78 is 7.02. The molecule has 0 aliphatic rings. The predicted octanol–water partition coefficient (Wildman–Crippen LogP) is 3.44. The van der Waals surface area contributed by atoms with Crippen molar-refractivity contribution in [2.75, 3.05) is 5.73 Å². The number of fused-ring (bicyclic) bond motifs is 1. The van der Waals surface area contributed by atoms with E-state index in [1.807, 2.05) is 60.0 Å². The summed E-state index contributed by atoms with van der Waals surface area (Å²) in [4.78, 5) is 24.6. The number of imidazole rings is 1. The summed E-state index contributed by atoms with van der Waals surface area (Å²) in [6.07, 6.45) is 1.65. The van der Waals surface area contributed by atoms with E-state index in [4.69, 9.17) is 15.5 Å². The Kier molecular flexibility index (Phi) is 4.49. The number of hydrogen-bond donors (Lipinski definition) is 1. The van der Waals surface area contributed by atoms with Crippen LogP contribution in [0.3, 0.4) is 0 Å². The van der Waals surface area contributed by atoms with E-state index in [-0.39, 0.29) is 12.6 Å². The van der Waals surface area contributed by atoms with Crippen LogP contribution in [0.5, 0.6) is 0 Å². The molecule has 28 heavy (non-hydrogen) atoms. The van der Waals surface area contributed by atoms with Gasteiger partial charge in [-0.3, -0.25) is 9.36 Å². The zero-order chi connectivity index (χ0) is 19.7. The van der Waals surface area contributed by atoms with Gasteiger partial charge in [-0.1, -0.05) is 12.1 Å². The molecule has 0 radical (unpaired) electrons. The SMILES string of the molecule is CC(=O)OCc1ccc(-n2c(-c3cccnc3N)nc3ccc(C)nc32)cc1. The number of hydrogen-bond acceptors (Lipinski definition) is 6. The molecular formula is C21H19N5O2. The Balaban J connectivity index is 1.87. The fourth-order valence-corrected chi connectivity index (χ4v) is 3.01. The quantitative estimate of drug-likeness (QED) is 0.551. The largest absolute Gasteiger partial charge is 0.461 e. The van der Waals surface area contributed by atoms with E-state index < -0.39 is 0 Å². The van der Waals surface area contributed by atoms with Crippen LogP contribution < -0.4 is 5.73 Å². The number of nitrogen functional groups attached to an aromatic ring is 1. The minimum atomic E-state index is -0.307. The molecule has 0 saturated carbocycles. The van der Waals surface area contributed by atoms with Crippen molar-refractivity contribution in [3.8, 4) is 17.1 Å². The Hall–Kier alpha value is -3.74. The number of aromatic nitrogens is 4. The molecule has 0 aliphatic heterocycles. The Labute approximate surface area is 161 Å². The predicted molar refractivity (Wildman–Crippen MR) is 107 cm³/mol. The molecule has 0 spiro atoms. The maximum absolute atomic E-state index is 11.0. The van der Waals surface area contributed by atoms with Crippen LogP contribution in [-0.2, 0) is 16.1 Å². The number of rotatable bonds is 4. The zero-order valence-electron chi connectivity index (χ0n) is 15.6. The van der Waals surface area contributed by atoms with Gasteiger partial charge in [0, 0.05) is 24.5 Å². The van der Waals surface area contributed by atoms with Gasteiger partial charge < -0.3 is 10.5 Å². The van der Waals surface area contributed by atoms with Crippen molar-refractivity contribution in [3.63, 3.8) is 0 Å². The molecule has 7 nitrogen and oxygen atoms in total. The lowest BCUT2D eigenvalue weighted by molar-refractivity contribution is -0.142. The van der Waals surface area contributed by atoms with Crippen molar-refractivity contribution in [1.82, 2.24) is 19.5 Å². The first-order valence-corrected chi connectivity index (χ1v) is 8.82. The number of carbonyl (C=O) groups is 1. The summed E-state index contributed by atoms with van der Waals surface area (Å²) in [5.74, 6) is 0.771. The Morgan fingerprint density at radius 3 is 2.61 bits per heavy atom. The van der Waals surface area contributed by atoms with Gasteiger partial charge >= 0.3 is 5.97 Å². The number of ether oxygens (including phenoxy) is 1. The zero-order valence-corrected chi connectivity index (χ0v) is 15.6. The maximum Gasteiger partial charge on any atom is 0.302 e. The van der Waals surface area contributed by atoms with Gasteiger partial charge in [-0.15, -0.1) is 0 Å². The molecule has 140 valence electrons. The number of pyridine rings is 2. The highest BCUT2D eigenvalue weighted by Crippen LogP contribution is 2.30. The van der Waals surface area contributed by atoms with Gasteiger partial charge in [0.15, 0.2) is 11.5 Å². The third kappa shape index (κ3) is 3.29. The molecule has 0 aliphatic carbocycles. The number of nitrogens with zero attached hydrogens (tertiary/aromatic N) is 4. The molecule has 0 fully saturated rings. The van der Waals surface area contributed by atoms with Crippen molar-refractivity contribution in [2.45, 2.75) is 20.5 Å². The number of benzene rings is 1. The second-order valence-corrected chi connectivity index (χ2v) is 6.45. The van der Waals surface area contributed by atoms with E-state index >= 15 is 0 Å². The summed E-state index contributed by atoms with van der Waals surface area (Å²) in [5, 5.41) is 0. The van der Waals surface area contributed by atoms with Gasteiger partial charge in [0.1, 0.15) is 17.9 Å². The topological polar surface area (TPSA) is 95.9 Å². The first kappa shape index (κ1) is 17.7. The van der Waals surface area contributed by atoms with Gasteiger partial charge in [-0.05, 0) is 48.9 Å². The van der Waals surface area contributed by atoms with Crippen molar-refractivity contribution in [3.05, 3.63) is 66.0 Å². The van der Waals surface area contributed by atoms with Gasteiger partial charge in [-0.25, -0.2) is 15.0 Å². The monoisotopic (exact) mass is 373 g/mol. The molecule has 2 N–H and O–H groups in total. The first-order chi connectivity index (χ1) is 13.5. The third-order valence-electron chi connectivity index (χ3n) is 4.36. The molecular weight excluding hydrogens is 354 g/mol. The summed E-state index contributed by atoms with van der Waals surface area (Å²) in [6.45, 7) is 3.57. The van der Waals surface area contributed by atoms with E-state index in [9.17, 15) is 4.79 Å². The summed E-state index contributed by atoms with van der Waals surface area (Å²) in [5.41, 5.74) is 11.0. The minimum Gasteiger partial charge on any atom is -0.461 e. The number of esters is 1. The van der Waals surface area contributed by atoms with Gasteiger partial charge in [0.2, 0.25) is 0 Å². The van der Waals surface area contributed by atoms with E-state index in [0.29, 0.717) is 11.6 Å². The lowest BCUT2D eigenvalue weighted by Crippen LogP contribution is -2.03. The Bertz CT molecular complexity index is 1170. The minimum absolute atomic E-state index is 0.236. The van der Waals surface area contributed by atoms with Crippen molar-refractivity contribution < 1.29 is 9.53 Å². The Morgan fingerprint density at radius 1 is 1.11 bits per heavy atom. The highest BCUT2D eigenvalue weighted by Gasteiger charge is 2.17. The number of carbonyl (C=O) groups excluding carboxylic acids is 1. The average molecular weight is 373 g/mol. The van der Waals surface area contributed by atoms with Crippen LogP contribution >= 0.6 is 0 Å². The standard InChI is InChI=1S/C21H19N5O2/c1-13-5-10-18-21(24-13)26(20(25-18)17-4-3-11-23-19(17)22)16-8-6-15(7-9-16)12-28-14(2)27/h3-11H,12H2,1-2H3,(H2,22,23). The molecule has 0 amide bonds. The normalized spacial score (nSPS) is 10.9. The second kappa shape index (κ2) is 7.11. The van der Waals surface area contributed by atoms with E-state index in [1.54, 1.807) is 6.20 Å². The molecule has 0 atom stereocenters. The lowest BCUT2D eigenvalue weighted by atomic mass is 10.2. The van der Waals surface area contributed by atoms with Crippen LogP contribution in [0.1, 0.15) is 18.2 Å². The van der Waals surface area contributed by atoms with Crippen LogP contribution in [0.2, 0.25) is 0 Å². The lowest BCUT2D eigenvalue weighted by Gasteiger charge is -2.11. The van der Waals surface area contributed by atoms with Crippen molar-refractivity contribution in [2.24, 2.45) is 0 Å². The van der Waals surface area contributed by atoms with E-state index in [2.05, 4.69) is 9.97 Å². The molecule has 7 heteroatoms. The molecule has 4 rings (SSSR count). The number of anilines is 1. The third-order valence-corrected chi connectivity index (χ3v) is 4.36. The van der Waals surface area contributed by atoms with Crippen LogP contribution in [0.15, 0.2) is 54.7 Å². The number of nitrogens with two attached hydrogens (primary N) is 1. The highest BCUT2D eigenvalue weighted by atomic mass is 16.5. The molecule has 3 aromatic heterocycles. The summed E-state index contributed by atoms with van der Waals surface area (Å²) in [7, 11) is 0. The fourth-order valence-electron chi connectivity index (χ4n) is 3.01. The smallest absolute Gasteiger partial charge is 0.302 e. The fraction of sp³-hybridized carbons (Fsp3) is 0.143. The molecule has 0 saturated heterocycles.